The highest BCUT2D eigenvalue weighted by atomic mass is 35.5. The Bertz CT molecular complexity index is 1530. The summed E-state index contributed by atoms with van der Waals surface area (Å²) in [6, 6.07) is 14.5. The van der Waals surface area contributed by atoms with Crippen molar-refractivity contribution in [1.29, 1.82) is 0 Å². The number of halogens is 1. The van der Waals surface area contributed by atoms with Crippen LogP contribution in [0, 0.1) is 10.1 Å². The fourth-order valence-electron chi connectivity index (χ4n) is 4.06. The summed E-state index contributed by atoms with van der Waals surface area (Å²) in [6.07, 6.45) is 3.43. The third-order valence-electron chi connectivity index (χ3n) is 5.82. The van der Waals surface area contributed by atoms with Gasteiger partial charge < -0.3 is 9.47 Å². The third kappa shape index (κ3) is 6.19. The number of allylic oxidation sites excluding steroid dienone is 1. The molecule has 0 unspecified atom stereocenters. The van der Waals surface area contributed by atoms with Crippen molar-refractivity contribution in [2.45, 2.75) is 20.0 Å². The van der Waals surface area contributed by atoms with Crippen molar-refractivity contribution in [2.75, 3.05) is 11.5 Å². The van der Waals surface area contributed by atoms with E-state index < -0.39 is 22.8 Å². The van der Waals surface area contributed by atoms with Crippen LogP contribution in [0.5, 0.6) is 11.5 Å². The average Bonchev–Trinajstić information content (AvgIpc) is 2.91. The van der Waals surface area contributed by atoms with Crippen molar-refractivity contribution in [3.05, 3.63) is 111 Å². The number of benzene rings is 3. The lowest BCUT2D eigenvalue weighted by molar-refractivity contribution is -0.384. The molecule has 0 atom stereocenters. The second kappa shape index (κ2) is 12.3. The predicted octanol–water partition coefficient (Wildman–Crippen LogP) is 5.62. The van der Waals surface area contributed by atoms with E-state index >= 15 is 0 Å². The number of nitro benzene ring substituents is 1. The highest BCUT2D eigenvalue weighted by Gasteiger charge is 2.37. The molecule has 1 N–H and O–H groups in total. The standard InChI is InChI=1S/C29H24ClN3O7/c1-3-6-20-13-19(16-25(39-4-2)26(20)40-17-18-7-5-8-21(30)14-18)15-24-27(34)31-29(36)32(28(24)35)22-9-11-23(12-10-22)33(37)38/h3,5,7-16H,1,4,6,17H2,2H3,(H,31,34,36)/b24-15+. The van der Waals surface area contributed by atoms with Crippen LogP contribution in [0.3, 0.4) is 0 Å². The maximum Gasteiger partial charge on any atom is 0.335 e. The van der Waals surface area contributed by atoms with Crippen LogP contribution in [0.1, 0.15) is 23.6 Å². The van der Waals surface area contributed by atoms with Gasteiger partial charge in [0.2, 0.25) is 0 Å². The summed E-state index contributed by atoms with van der Waals surface area (Å²) in [4.78, 5) is 49.6. The Morgan fingerprint density at radius 1 is 1.07 bits per heavy atom. The van der Waals surface area contributed by atoms with Crippen molar-refractivity contribution < 1.29 is 28.8 Å². The van der Waals surface area contributed by atoms with Gasteiger partial charge in [-0.05, 0) is 66.9 Å². The van der Waals surface area contributed by atoms with E-state index in [1.54, 1.807) is 30.3 Å². The number of amides is 4. The number of ether oxygens (including phenoxy) is 2. The van der Waals surface area contributed by atoms with Crippen LogP contribution in [0.2, 0.25) is 5.02 Å². The second-order valence-corrected chi connectivity index (χ2v) is 9.02. The quantitative estimate of drug-likeness (QED) is 0.112. The zero-order chi connectivity index (χ0) is 28.8. The summed E-state index contributed by atoms with van der Waals surface area (Å²) in [6.45, 7) is 6.16. The van der Waals surface area contributed by atoms with Gasteiger partial charge in [-0.3, -0.25) is 25.0 Å². The molecule has 1 saturated heterocycles. The first-order chi connectivity index (χ1) is 19.2. The van der Waals surface area contributed by atoms with Crippen LogP contribution in [0.4, 0.5) is 16.2 Å². The topological polar surface area (TPSA) is 128 Å². The fraction of sp³-hybridized carbons (Fsp3) is 0.138. The molecule has 0 bridgehead atoms. The summed E-state index contributed by atoms with van der Waals surface area (Å²) in [7, 11) is 0. The molecule has 0 radical (unpaired) electrons. The van der Waals surface area contributed by atoms with Gasteiger partial charge in [-0.15, -0.1) is 6.58 Å². The molecule has 1 fully saturated rings. The molecular weight excluding hydrogens is 538 g/mol. The zero-order valence-electron chi connectivity index (χ0n) is 21.4. The van der Waals surface area contributed by atoms with Crippen LogP contribution in [0.25, 0.3) is 6.08 Å². The highest BCUT2D eigenvalue weighted by molar-refractivity contribution is 6.39. The Balaban J connectivity index is 1.71. The van der Waals surface area contributed by atoms with Crippen molar-refractivity contribution in [3.8, 4) is 11.5 Å². The largest absolute Gasteiger partial charge is 0.490 e. The van der Waals surface area contributed by atoms with Gasteiger partial charge in [-0.2, -0.15) is 0 Å². The minimum Gasteiger partial charge on any atom is -0.490 e. The Kier molecular flexibility index (Phi) is 8.60. The first-order valence-electron chi connectivity index (χ1n) is 12.2. The number of urea groups is 1. The molecule has 0 spiro atoms. The summed E-state index contributed by atoms with van der Waals surface area (Å²) in [5, 5.41) is 13.7. The van der Waals surface area contributed by atoms with E-state index in [1.807, 2.05) is 19.1 Å². The van der Waals surface area contributed by atoms with Gasteiger partial charge in [0.25, 0.3) is 17.5 Å². The number of barbiturate groups is 1. The Morgan fingerprint density at radius 2 is 1.82 bits per heavy atom. The number of carbonyl (C=O) groups excluding carboxylic acids is 3. The minimum absolute atomic E-state index is 0.0682. The van der Waals surface area contributed by atoms with Gasteiger partial charge >= 0.3 is 6.03 Å². The molecule has 204 valence electrons. The van der Waals surface area contributed by atoms with Gasteiger partial charge in [-0.25, -0.2) is 9.69 Å². The zero-order valence-corrected chi connectivity index (χ0v) is 22.1. The molecule has 3 aromatic carbocycles. The number of carbonyl (C=O) groups is 3. The average molecular weight is 562 g/mol. The van der Waals surface area contributed by atoms with Crippen molar-refractivity contribution in [1.82, 2.24) is 5.32 Å². The third-order valence-corrected chi connectivity index (χ3v) is 6.06. The molecule has 0 saturated carbocycles. The number of nitro groups is 1. The molecule has 3 aromatic rings. The molecule has 1 aliphatic rings. The predicted molar refractivity (Wildman–Crippen MR) is 149 cm³/mol. The van der Waals surface area contributed by atoms with E-state index in [0.717, 1.165) is 22.6 Å². The van der Waals surface area contributed by atoms with Gasteiger partial charge in [0.15, 0.2) is 11.5 Å². The maximum absolute atomic E-state index is 13.3. The molecular formula is C29H24ClN3O7. The smallest absolute Gasteiger partial charge is 0.335 e. The van der Waals surface area contributed by atoms with E-state index in [-0.39, 0.29) is 23.6 Å². The van der Waals surface area contributed by atoms with Crippen LogP contribution in [-0.2, 0) is 22.6 Å². The van der Waals surface area contributed by atoms with Gasteiger partial charge in [-0.1, -0.05) is 29.8 Å². The van der Waals surface area contributed by atoms with Crippen LogP contribution < -0.4 is 19.7 Å². The number of nitrogens with one attached hydrogen (secondary N) is 1. The monoisotopic (exact) mass is 561 g/mol. The molecule has 1 heterocycles. The second-order valence-electron chi connectivity index (χ2n) is 8.58. The molecule has 0 aromatic heterocycles. The van der Waals surface area contributed by atoms with Gasteiger partial charge in [0, 0.05) is 22.7 Å². The molecule has 40 heavy (non-hydrogen) atoms. The molecule has 10 nitrogen and oxygen atoms in total. The molecule has 4 rings (SSSR count). The first kappa shape index (κ1) is 28.1. The Hall–Kier alpha value is -4.96. The summed E-state index contributed by atoms with van der Waals surface area (Å²) >= 11 is 6.09. The fourth-order valence-corrected chi connectivity index (χ4v) is 4.28. The number of nitrogens with zero attached hydrogens (tertiary/aromatic N) is 2. The molecule has 1 aliphatic heterocycles. The highest BCUT2D eigenvalue weighted by Crippen LogP contribution is 2.36. The summed E-state index contributed by atoms with van der Waals surface area (Å²) < 4.78 is 12.0. The van der Waals surface area contributed by atoms with E-state index in [1.165, 1.54) is 18.2 Å². The van der Waals surface area contributed by atoms with Gasteiger partial charge in [0.05, 0.1) is 17.2 Å². The van der Waals surface area contributed by atoms with Crippen LogP contribution in [-0.4, -0.2) is 29.4 Å². The number of rotatable bonds is 10. The van der Waals surface area contributed by atoms with Crippen molar-refractivity contribution in [2.24, 2.45) is 0 Å². The van der Waals surface area contributed by atoms with Crippen LogP contribution >= 0.6 is 11.6 Å². The Labute approximate surface area is 234 Å². The molecule has 0 aliphatic carbocycles. The SMILES string of the molecule is C=CCc1cc(/C=C2\C(=O)NC(=O)N(c3ccc([N+](=O)[O-])cc3)C2=O)cc(OCC)c1OCc1cccc(Cl)c1. The summed E-state index contributed by atoms with van der Waals surface area (Å²) in [5.74, 6) is -0.890. The van der Waals surface area contributed by atoms with Crippen molar-refractivity contribution in [3.63, 3.8) is 0 Å². The maximum atomic E-state index is 13.3. The Morgan fingerprint density at radius 3 is 2.48 bits per heavy atom. The number of anilines is 1. The lowest BCUT2D eigenvalue weighted by Crippen LogP contribution is -2.54. The summed E-state index contributed by atoms with van der Waals surface area (Å²) in [5.41, 5.74) is 1.55. The number of imide groups is 2. The van der Waals surface area contributed by atoms with E-state index in [4.69, 9.17) is 21.1 Å². The van der Waals surface area contributed by atoms with E-state index in [9.17, 15) is 24.5 Å². The van der Waals surface area contributed by atoms with Gasteiger partial charge in [0.1, 0.15) is 12.2 Å². The minimum atomic E-state index is -0.965. The first-order valence-corrected chi connectivity index (χ1v) is 12.5. The number of non-ortho nitro benzene ring substituents is 1. The lowest BCUT2D eigenvalue weighted by Gasteiger charge is -2.26. The van der Waals surface area contributed by atoms with E-state index in [0.29, 0.717) is 40.7 Å². The number of hydrogen-bond donors (Lipinski definition) is 1. The lowest BCUT2D eigenvalue weighted by atomic mass is 10.0. The molecule has 11 heteroatoms. The van der Waals surface area contributed by atoms with E-state index in [2.05, 4.69) is 11.9 Å². The van der Waals surface area contributed by atoms with Crippen LogP contribution in [0.15, 0.2) is 78.9 Å². The van der Waals surface area contributed by atoms with Crippen molar-refractivity contribution >= 4 is 46.9 Å². The number of hydrogen-bond acceptors (Lipinski definition) is 7. The normalized spacial score (nSPS) is 14.2. The molecule has 4 amide bonds.